The van der Waals surface area contributed by atoms with E-state index in [-0.39, 0.29) is 11.9 Å². The average molecular weight is 374 g/mol. The van der Waals surface area contributed by atoms with Crippen molar-refractivity contribution in [2.24, 2.45) is 0 Å². The molecule has 4 rings (SSSR count). The topological polar surface area (TPSA) is 76.8 Å². The van der Waals surface area contributed by atoms with Crippen molar-refractivity contribution in [2.75, 3.05) is 12.8 Å². The molecule has 1 fully saturated rings. The molecule has 1 aromatic carbocycles. The number of tetrazole rings is 1. The fraction of sp³-hybridized carbons (Fsp3) is 0.438. The van der Waals surface area contributed by atoms with Crippen molar-refractivity contribution in [1.29, 1.82) is 0 Å². The van der Waals surface area contributed by atoms with Crippen LogP contribution in [0.15, 0.2) is 29.4 Å². The zero-order valence-corrected chi connectivity index (χ0v) is 15.6. The predicted molar refractivity (Wildman–Crippen MR) is 97.6 cm³/mol. The fourth-order valence-electron chi connectivity index (χ4n) is 2.51. The predicted octanol–water partition coefficient (Wildman–Crippen LogP) is 2.93. The number of thiazole rings is 1. The van der Waals surface area contributed by atoms with E-state index in [1.54, 1.807) is 16.2 Å². The van der Waals surface area contributed by atoms with Gasteiger partial charge in [0.05, 0.1) is 28.1 Å². The maximum absolute atomic E-state index is 12.6. The molecule has 1 aliphatic carbocycles. The van der Waals surface area contributed by atoms with E-state index in [9.17, 15) is 4.79 Å². The van der Waals surface area contributed by atoms with Crippen molar-refractivity contribution in [3.8, 4) is 0 Å². The Labute approximate surface area is 153 Å². The fourth-order valence-corrected chi connectivity index (χ4v) is 4.44. The van der Waals surface area contributed by atoms with Crippen molar-refractivity contribution in [1.82, 2.24) is 30.1 Å². The van der Waals surface area contributed by atoms with Gasteiger partial charge in [0.2, 0.25) is 11.1 Å². The number of hydrogen-bond donors (Lipinski definition) is 0. The second-order valence-corrected chi connectivity index (χ2v) is 8.13. The van der Waals surface area contributed by atoms with Crippen LogP contribution in [0.4, 0.5) is 0 Å². The van der Waals surface area contributed by atoms with Gasteiger partial charge in [-0.15, -0.1) is 16.4 Å². The number of para-hydroxylation sites is 1. The van der Waals surface area contributed by atoms with Crippen molar-refractivity contribution in [3.05, 3.63) is 29.3 Å². The van der Waals surface area contributed by atoms with Gasteiger partial charge in [-0.2, -0.15) is 0 Å². The summed E-state index contributed by atoms with van der Waals surface area (Å²) < 4.78 is 2.97. The highest BCUT2D eigenvalue weighted by Gasteiger charge is 2.28. The largest absolute Gasteiger partial charge is 0.336 e. The third kappa shape index (κ3) is 3.38. The number of rotatable bonds is 6. The van der Waals surface area contributed by atoms with Gasteiger partial charge in [0.25, 0.3) is 0 Å². The molecular weight excluding hydrogens is 356 g/mol. The monoisotopic (exact) mass is 374 g/mol. The lowest BCUT2D eigenvalue weighted by molar-refractivity contribution is -0.128. The molecule has 0 radical (unpaired) electrons. The van der Waals surface area contributed by atoms with E-state index in [0.717, 1.165) is 33.2 Å². The molecule has 2 aromatic heterocycles. The molecule has 25 heavy (non-hydrogen) atoms. The lowest BCUT2D eigenvalue weighted by Crippen LogP contribution is -2.31. The molecule has 2 heterocycles. The molecule has 9 heteroatoms. The van der Waals surface area contributed by atoms with Crippen molar-refractivity contribution < 1.29 is 4.79 Å². The first kappa shape index (κ1) is 16.5. The molecule has 7 nitrogen and oxygen atoms in total. The Morgan fingerprint density at radius 2 is 2.24 bits per heavy atom. The van der Waals surface area contributed by atoms with Gasteiger partial charge in [-0.1, -0.05) is 23.9 Å². The summed E-state index contributed by atoms with van der Waals surface area (Å²) in [6.07, 6.45) is 2.22. The summed E-state index contributed by atoms with van der Waals surface area (Å²) in [7, 11) is 1.82. The van der Waals surface area contributed by atoms with Crippen LogP contribution in [0, 0.1) is 0 Å². The van der Waals surface area contributed by atoms with Crippen molar-refractivity contribution in [3.63, 3.8) is 0 Å². The van der Waals surface area contributed by atoms with Crippen LogP contribution in [0.25, 0.3) is 10.2 Å². The van der Waals surface area contributed by atoms with Gasteiger partial charge in [0.1, 0.15) is 5.01 Å². The van der Waals surface area contributed by atoms with Crippen LogP contribution in [-0.2, 0) is 4.79 Å². The number of aromatic nitrogens is 5. The molecule has 1 unspecified atom stereocenters. The van der Waals surface area contributed by atoms with Gasteiger partial charge in [-0.05, 0) is 42.3 Å². The zero-order valence-electron chi connectivity index (χ0n) is 14.0. The van der Waals surface area contributed by atoms with Crippen LogP contribution < -0.4 is 0 Å². The van der Waals surface area contributed by atoms with E-state index in [1.807, 2.05) is 36.9 Å². The van der Waals surface area contributed by atoms with Crippen molar-refractivity contribution >= 4 is 39.2 Å². The molecular formula is C16H18N6OS2. The highest BCUT2D eigenvalue weighted by molar-refractivity contribution is 7.99. The van der Waals surface area contributed by atoms with Gasteiger partial charge in [-0.25, -0.2) is 9.67 Å². The van der Waals surface area contributed by atoms with Crippen LogP contribution in [0.5, 0.6) is 0 Å². The van der Waals surface area contributed by atoms with E-state index in [1.165, 1.54) is 11.8 Å². The number of carbonyl (C=O) groups excluding carboxylic acids is 1. The minimum Gasteiger partial charge on any atom is -0.336 e. The summed E-state index contributed by atoms with van der Waals surface area (Å²) >= 11 is 3.03. The van der Waals surface area contributed by atoms with Crippen molar-refractivity contribution in [2.45, 2.75) is 37.0 Å². The normalized spacial score (nSPS) is 15.4. The summed E-state index contributed by atoms with van der Waals surface area (Å²) in [6.45, 7) is 2.01. The lowest BCUT2D eigenvalue weighted by atomic mass is 10.3. The molecule has 0 saturated heterocycles. The molecule has 0 N–H and O–H groups in total. The first-order valence-corrected chi connectivity index (χ1v) is 9.95. The molecule has 1 amide bonds. The number of benzene rings is 1. The summed E-state index contributed by atoms with van der Waals surface area (Å²) in [4.78, 5) is 19.0. The number of nitrogens with zero attached hydrogens (tertiary/aromatic N) is 6. The molecule has 0 aliphatic heterocycles. The van der Waals surface area contributed by atoms with Crippen LogP contribution in [0.1, 0.15) is 36.9 Å². The lowest BCUT2D eigenvalue weighted by Gasteiger charge is -2.23. The van der Waals surface area contributed by atoms with Crippen LogP contribution >= 0.6 is 23.1 Å². The molecule has 0 bridgehead atoms. The van der Waals surface area contributed by atoms with Gasteiger partial charge < -0.3 is 4.90 Å². The van der Waals surface area contributed by atoms with Gasteiger partial charge in [0.15, 0.2) is 0 Å². The Morgan fingerprint density at radius 1 is 1.44 bits per heavy atom. The molecule has 130 valence electrons. The number of hydrogen-bond acceptors (Lipinski definition) is 7. The maximum Gasteiger partial charge on any atom is 0.233 e. The Hall–Kier alpha value is -2.00. The van der Waals surface area contributed by atoms with Crippen LogP contribution in [0.2, 0.25) is 0 Å². The van der Waals surface area contributed by atoms with Gasteiger partial charge in [-0.3, -0.25) is 4.79 Å². The van der Waals surface area contributed by atoms with Gasteiger partial charge in [0, 0.05) is 7.05 Å². The zero-order chi connectivity index (χ0) is 17.4. The third-order valence-electron chi connectivity index (χ3n) is 4.32. The van der Waals surface area contributed by atoms with E-state index >= 15 is 0 Å². The molecule has 1 aliphatic rings. The minimum atomic E-state index is -0.0649. The first-order chi connectivity index (χ1) is 12.1. The smallest absolute Gasteiger partial charge is 0.233 e. The minimum absolute atomic E-state index is 0.0436. The molecule has 1 atom stereocenters. The number of thioether (sulfide) groups is 1. The highest BCUT2D eigenvalue weighted by atomic mass is 32.2. The van der Waals surface area contributed by atoms with E-state index in [4.69, 9.17) is 0 Å². The first-order valence-electron chi connectivity index (χ1n) is 8.15. The SMILES string of the molecule is CC(c1nc2ccccc2s1)N(C)C(=O)CSc1nnnn1C1CC1. The molecule has 0 spiro atoms. The number of amides is 1. The van der Waals surface area contributed by atoms with E-state index in [2.05, 4.69) is 26.6 Å². The summed E-state index contributed by atoms with van der Waals surface area (Å²) in [5.74, 6) is 0.362. The second-order valence-electron chi connectivity index (χ2n) is 6.13. The summed E-state index contributed by atoms with van der Waals surface area (Å²) in [6, 6.07) is 8.38. The standard InChI is InChI=1S/C16H18N6OS2/c1-10(15-17-12-5-3-4-6-13(12)25-15)21(2)14(23)9-24-16-18-19-20-22(16)11-7-8-11/h3-6,10-11H,7-9H2,1-2H3. The van der Waals surface area contributed by atoms with Crippen LogP contribution in [0.3, 0.4) is 0 Å². The Balaban J connectivity index is 1.41. The third-order valence-corrected chi connectivity index (χ3v) is 6.45. The maximum atomic E-state index is 12.6. The summed E-state index contributed by atoms with van der Waals surface area (Å²) in [5.41, 5.74) is 0.980. The Morgan fingerprint density at radius 3 is 3.00 bits per heavy atom. The number of carbonyl (C=O) groups is 1. The number of fused-ring (bicyclic) bond motifs is 1. The highest BCUT2D eigenvalue weighted by Crippen LogP contribution is 2.36. The van der Waals surface area contributed by atoms with Crippen LogP contribution in [-0.4, -0.2) is 48.8 Å². The van der Waals surface area contributed by atoms with Gasteiger partial charge >= 0.3 is 0 Å². The second kappa shape index (κ2) is 6.72. The average Bonchev–Trinajstić information content (AvgIpc) is 3.20. The molecule has 3 aromatic rings. The molecule has 1 saturated carbocycles. The van der Waals surface area contributed by atoms with E-state index < -0.39 is 0 Å². The quantitative estimate of drug-likeness (QED) is 0.618. The Bertz CT molecular complexity index is 870. The Kier molecular flexibility index (Phi) is 4.43. The summed E-state index contributed by atoms with van der Waals surface area (Å²) in [5, 5.41) is 13.4. The van der Waals surface area contributed by atoms with E-state index in [0.29, 0.717) is 11.8 Å².